The van der Waals surface area contributed by atoms with Crippen molar-refractivity contribution in [2.45, 2.75) is 24.0 Å². The Balaban J connectivity index is 1.99. The summed E-state index contributed by atoms with van der Waals surface area (Å²) in [6.45, 7) is 0.908. The number of benzene rings is 3. The third-order valence-electron chi connectivity index (χ3n) is 5.14. The standard InChI is InChI=1S/C24H22ClF3N2O4S/c1-16(19-10-6-7-11-22(19)34-2)29-23(31)15-30(35(32,33)18-8-4-3-5-9-18)17-12-13-21(25)20(14-17)24(26,27)28/h3-14,16H,15H2,1-2H3,(H,29,31)/t16-/m0/s1. The number of alkyl halides is 3. The first-order chi connectivity index (χ1) is 16.4. The van der Waals surface area contributed by atoms with Crippen LogP contribution in [-0.2, 0) is 21.0 Å². The van der Waals surface area contributed by atoms with Crippen LogP contribution >= 0.6 is 11.6 Å². The average Bonchev–Trinajstić information content (AvgIpc) is 2.82. The minimum atomic E-state index is -4.82. The van der Waals surface area contributed by atoms with Crippen molar-refractivity contribution in [3.8, 4) is 5.75 Å². The van der Waals surface area contributed by atoms with Crippen molar-refractivity contribution in [3.05, 3.63) is 88.9 Å². The molecule has 186 valence electrons. The number of methoxy groups -OCH3 is 1. The molecule has 0 aliphatic heterocycles. The van der Waals surface area contributed by atoms with Crippen LogP contribution in [0.2, 0.25) is 5.02 Å². The molecule has 0 aliphatic carbocycles. The van der Waals surface area contributed by atoms with E-state index >= 15 is 0 Å². The van der Waals surface area contributed by atoms with Gasteiger partial charge >= 0.3 is 6.18 Å². The SMILES string of the molecule is COc1ccccc1[C@H](C)NC(=O)CN(c1ccc(Cl)c(C(F)(F)F)c1)S(=O)(=O)c1ccccc1. The molecule has 1 N–H and O–H groups in total. The van der Waals surface area contributed by atoms with Gasteiger partial charge in [-0.25, -0.2) is 8.42 Å². The fourth-order valence-corrected chi connectivity index (χ4v) is 5.10. The van der Waals surface area contributed by atoms with Crippen LogP contribution < -0.4 is 14.4 Å². The molecule has 35 heavy (non-hydrogen) atoms. The fourth-order valence-electron chi connectivity index (χ4n) is 3.44. The highest BCUT2D eigenvalue weighted by atomic mass is 35.5. The quantitative estimate of drug-likeness (QED) is 0.424. The Morgan fingerprint density at radius 2 is 1.69 bits per heavy atom. The molecule has 0 bridgehead atoms. The van der Waals surface area contributed by atoms with Crippen molar-refractivity contribution >= 4 is 33.2 Å². The summed E-state index contributed by atoms with van der Waals surface area (Å²) in [6, 6.07) is 16.2. The van der Waals surface area contributed by atoms with Crippen LogP contribution in [0.25, 0.3) is 0 Å². The van der Waals surface area contributed by atoms with Gasteiger partial charge in [0.2, 0.25) is 5.91 Å². The van der Waals surface area contributed by atoms with Crippen LogP contribution in [0.4, 0.5) is 18.9 Å². The Labute approximate surface area is 206 Å². The normalized spacial score (nSPS) is 12.6. The summed E-state index contributed by atoms with van der Waals surface area (Å²) in [6.07, 6.45) is -4.82. The van der Waals surface area contributed by atoms with Gasteiger partial charge in [-0.1, -0.05) is 48.0 Å². The Morgan fingerprint density at radius 1 is 1.06 bits per heavy atom. The maximum atomic E-state index is 13.5. The first kappa shape index (κ1) is 26.4. The number of rotatable bonds is 8. The Morgan fingerprint density at radius 3 is 2.31 bits per heavy atom. The molecule has 0 fully saturated rings. The van der Waals surface area contributed by atoms with Gasteiger partial charge in [-0.15, -0.1) is 0 Å². The molecular weight excluding hydrogens is 505 g/mol. The maximum absolute atomic E-state index is 13.5. The van der Waals surface area contributed by atoms with Gasteiger partial charge in [-0.2, -0.15) is 13.2 Å². The first-order valence-electron chi connectivity index (χ1n) is 10.3. The Bertz CT molecular complexity index is 1300. The van der Waals surface area contributed by atoms with Gasteiger partial charge in [0.05, 0.1) is 34.3 Å². The number of ether oxygens (including phenoxy) is 1. The Hall–Kier alpha value is -3.24. The summed E-state index contributed by atoms with van der Waals surface area (Å²) in [5, 5.41) is 2.09. The number of hydrogen-bond donors (Lipinski definition) is 1. The van der Waals surface area contributed by atoms with Crippen LogP contribution in [0.3, 0.4) is 0 Å². The fraction of sp³-hybridized carbons (Fsp3) is 0.208. The van der Waals surface area contributed by atoms with Crippen molar-refractivity contribution in [3.63, 3.8) is 0 Å². The van der Waals surface area contributed by atoms with Crippen LogP contribution in [-0.4, -0.2) is 28.0 Å². The molecule has 1 amide bonds. The Kier molecular flexibility index (Phi) is 7.97. The van der Waals surface area contributed by atoms with Crippen LogP contribution in [0.15, 0.2) is 77.7 Å². The molecule has 3 rings (SSSR count). The molecule has 0 saturated carbocycles. The molecule has 0 saturated heterocycles. The number of anilines is 1. The van der Waals surface area contributed by atoms with Crippen molar-refractivity contribution in [2.75, 3.05) is 18.0 Å². The second kappa shape index (κ2) is 10.6. The molecule has 0 aliphatic rings. The number of nitrogens with zero attached hydrogens (tertiary/aromatic N) is 1. The molecule has 0 spiro atoms. The molecule has 0 radical (unpaired) electrons. The van der Waals surface area contributed by atoms with E-state index in [4.69, 9.17) is 16.3 Å². The summed E-state index contributed by atoms with van der Waals surface area (Å²) in [5.41, 5.74) is -0.926. The lowest BCUT2D eigenvalue weighted by atomic mass is 10.1. The topological polar surface area (TPSA) is 75.7 Å². The summed E-state index contributed by atoms with van der Waals surface area (Å²) in [4.78, 5) is 12.7. The zero-order valence-electron chi connectivity index (χ0n) is 18.7. The molecule has 11 heteroatoms. The monoisotopic (exact) mass is 526 g/mol. The van der Waals surface area contributed by atoms with Crippen molar-refractivity contribution in [1.82, 2.24) is 5.32 Å². The molecule has 0 aromatic heterocycles. The number of para-hydroxylation sites is 1. The van der Waals surface area contributed by atoms with Gasteiger partial charge in [-0.3, -0.25) is 9.10 Å². The lowest BCUT2D eigenvalue weighted by Crippen LogP contribution is -2.41. The summed E-state index contributed by atoms with van der Waals surface area (Å²) in [5.74, 6) is -0.215. The molecule has 1 atom stereocenters. The predicted octanol–water partition coefficient (Wildman–Crippen LogP) is 5.44. The number of halogens is 4. The molecule has 6 nitrogen and oxygen atoms in total. The molecule has 3 aromatic rings. The van der Waals surface area contributed by atoms with E-state index in [1.165, 1.54) is 31.4 Å². The van der Waals surface area contributed by atoms with Crippen LogP contribution in [0, 0.1) is 0 Å². The lowest BCUT2D eigenvalue weighted by molar-refractivity contribution is -0.137. The number of hydrogen-bond acceptors (Lipinski definition) is 4. The van der Waals surface area contributed by atoms with E-state index in [0.29, 0.717) is 21.7 Å². The van der Waals surface area contributed by atoms with E-state index < -0.39 is 45.3 Å². The highest BCUT2D eigenvalue weighted by molar-refractivity contribution is 7.92. The lowest BCUT2D eigenvalue weighted by Gasteiger charge is -2.26. The second-order valence-corrected chi connectivity index (χ2v) is 9.79. The van der Waals surface area contributed by atoms with Crippen LogP contribution in [0.5, 0.6) is 5.75 Å². The average molecular weight is 527 g/mol. The minimum Gasteiger partial charge on any atom is -0.496 e. The minimum absolute atomic E-state index is 0.186. The number of carbonyl (C=O) groups excluding carboxylic acids is 1. The van der Waals surface area contributed by atoms with Crippen molar-refractivity contribution in [2.24, 2.45) is 0 Å². The second-order valence-electron chi connectivity index (χ2n) is 7.52. The van der Waals surface area contributed by atoms with E-state index in [1.54, 1.807) is 37.3 Å². The van der Waals surface area contributed by atoms with Gasteiger partial charge < -0.3 is 10.1 Å². The number of amides is 1. The van der Waals surface area contributed by atoms with E-state index in [0.717, 1.165) is 12.1 Å². The molecule has 0 unspecified atom stereocenters. The number of sulfonamides is 1. The highest BCUT2D eigenvalue weighted by Gasteiger charge is 2.35. The highest BCUT2D eigenvalue weighted by Crippen LogP contribution is 2.38. The van der Waals surface area contributed by atoms with Crippen molar-refractivity contribution < 1.29 is 31.1 Å². The van der Waals surface area contributed by atoms with Gasteiger partial charge in [-0.05, 0) is 43.3 Å². The number of carbonyl (C=O) groups is 1. The molecule has 3 aromatic carbocycles. The van der Waals surface area contributed by atoms with Gasteiger partial charge in [0, 0.05) is 5.56 Å². The van der Waals surface area contributed by atoms with E-state index in [9.17, 15) is 26.4 Å². The smallest absolute Gasteiger partial charge is 0.417 e. The zero-order valence-corrected chi connectivity index (χ0v) is 20.3. The van der Waals surface area contributed by atoms with E-state index in [1.807, 2.05) is 0 Å². The summed E-state index contributed by atoms with van der Waals surface area (Å²) < 4.78 is 73.1. The van der Waals surface area contributed by atoms with Crippen molar-refractivity contribution in [1.29, 1.82) is 0 Å². The first-order valence-corrected chi connectivity index (χ1v) is 12.1. The largest absolute Gasteiger partial charge is 0.496 e. The molecular formula is C24H22ClF3N2O4S. The van der Waals surface area contributed by atoms with E-state index in [2.05, 4.69) is 5.32 Å². The summed E-state index contributed by atoms with van der Waals surface area (Å²) in [7, 11) is -2.93. The predicted molar refractivity (Wildman–Crippen MR) is 127 cm³/mol. The van der Waals surface area contributed by atoms with Crippen LogP contribution in [0.1, 0.15) is 24.1 Å². The maximum Gasteiger partial charge on any atom is 0.417 e. The summed E-state index contributed by atoms with van der Waals surface area (Å²) >= 11 is 5.71. The number of nitrogens with one attached hydrogen (secondary N) is 1. The van der Waals surface area contributed by atoms with Gasteiger partial charge in [0.1, 0.15) is 12.3 Å². The third-order valence-corrected chi connectivity index (χ3v) is 7.26. The van der Waals surface area contributed by atoms with Gasteiger partial charge in [0.25, 0.3) is 10.0 Å². The van der Waals surface area contributed by atoms with Gasteiger partial charge in [0.15, 0.2) is 0 Å². The van der Waals surface area contributed by atoms with E-state index in [-0.39, 0.29) is 10.6 Å². The zero-order chi connectivity index (χ0) is 25.8. The molecule has 0 heterocycles. The third kappa shape index (κ3) is 6.07.